The number of hydrogen-bond donors (Lipinski definition) is 1. The first-order valence-electron chi connectivity index (χ1n) is 7.74. The predicted octanol–water partition coefficient (Wildman–Crippen LogP) is 3.51. The second kappa shape index (κ2) is 7.76. The van der Waals surface area contributed by atoms with Crippen LogP contribution >= 0.6 is 0 Å². The quantitative estimate of drug-likeness (QED) is 0.873. The van der Waals surface area contributed by atoms with Gasteiger partial charge in [-0.1, -0.05) is 19.9 Å². The van der Waals surface area contributed by atoms with Crippen LogP contribution in [0.4, 0.5) is 4.39 Å². The third-order valence-corrected chi connectivity index (χ3v) is 4.00. The molecule has 1 aliphatic rings. The highest BCUT2D eigenvalue weighted by Gasteiger charge is 2.18. The second-order valence-corrected chi connectivity index (χ2v) is 6.10. The van der Waals surface area contributed by atoms with Crippen LogP contribution < -0.4 is 4.74 Å². The van der Waals surface area contributed by atoms with Gasteiger partial charge >= 0.3 is 0 Å². The van der Waals surface area contributed by atoms with E-state index in [1.54, 1.807) is 6.07 Å². The summed E-state index contributed by atoms with van der Waals surface area (Å²) in [4.78, 5) is 0. The number of benzene rings is 1. The van der Waals surface area contributed by atoms with Gasteiger partial charge in [-0.3, -0.25) is 0 Å². The Morgan fingerprint density at radius 3 is 2.67 bits per heavy atom. The fraction of sp³-hybridized carbons (Fsp3) is 0.647. The molecule has 1 aromatic carbocycles. The molecular formula is C17H25FO3. The summed E-state index contributed by atoms with van der Waals surface area (Å²) in [7, 11) is 0. The van der Waals surface area contributed by atoms with E-state index in [9.17, 15) is 9.50 Å². The maximum atomic E-state index is 13.9. The number of halogens is 1. The summed E-state index contributed by atoms with van der Waals surface area (Å²) in [6, 6.07) is 5.02. The lowest BCUT2D eigenvalue weighted by Gasteiger charge is -2.24. The highest BCUT2D eigenvalue weighted by molar-refractivity contribution is 5.30. The minimum Gasteiger partial charge on any atom is -0.488 e. The van der Waals surface area contributed by atoms with E-state index in [4.69, 9.17) is 9.47 Å². The summed E-state index contributed by atoms with van der Waals surface area (Å²) in [5.41, 5.74) is 0.947. The normalized spacial score (nSPS) is 18.0. The molecule has 4 heteroatoms. The molecule has 1 atom stereocenters. The zero-order chi connectivity index (χ0) is 15.2. The summed E-state index contributed by atoms with van der Waals surface area (Å²) in [6.07, 6.45) is 2.09. The van der Waals surface area contributed by atoms with Crippen LogP contribution in [0.5, 0.6) is 5.75 Å². The van der Waals surface area contributed by atoms with Gasteiger partial charge in [0.15, 0.2) is 11.6 Å². The van der Waals surface area contributed by atoms with Gasteiger partial charge in [-0.25, -0.2) is 4.39 Å². The molecule has 1 saturated heterocycles. The van der Waals surface area contributed by atoms with Gasteiger partial charge in [0.25, 0.3) is 0 Å². The Morgan fingerprint density at radius 1 is 1.33 bits per heavy atom. The third-order valence-electron chi connectivity index (χ3n) is 4.00. The summed E-state index contributed by atoms with van der Waals surface area (Å²) < 4.78 is 24.6. The van der Waals surface area contributed by atoms with Crippen molar-refractivity contribution in [3.05, 3.63) is 29.6 Å². The van der Waals surface area contributed by atoms with Crippen LogP contribution in [0.2, 0.25) is 0 Å². The zero-order valence-electron chi connectivity index (χ0n) is 12.8. The first-order chi connectivity index (χ1) is 10.1. The van der Waals surface area contributed by atoms with Gasteiger partial charge in [-0.2, -0.15) is 0 Å². The Balaban J connectivity index is 1.81. The Hall–Kier alpha value is -1.13. The topological polar surface area (TPSA) is 38.7 Å². The van der Waals surface area contributed by atoms with Crippen LogP contribution in [-0.4, -0.2) is 31.0 Å². The summed E-state index contributed by atoms with van der Waals surface area (Å²) in [5.74, 6) is 0.614. The van der Waals surface area contributed by atoms with Crippen LogP contribution in [0.3, 0.4) is 0 Å². The Kier molecular flexibility index (Phi) is 6.00. The number of hydrogen-bond acceptors (Lipinski definition) is 3. The lowest BCUT2D eigenvalue weighted by Crippen LogP contribution is -2.25. The van der Waals surface area contributed by atoms with E-state index in [0.717, 1.165) is 31.6 Å². The van der Waals surface area contributed by atoms with Crippen molar-refractivity contribution in [2.24, 2.45) is 5.92 Å². The Bertz CT molecular complexity index is 442. The van der Waals surface area contributed by atoms with Gasteiger partial charge in [0.2, 0.25) is 0 Å². The van der Waals surface area contributed by atoms with Crippen LogP contribution in [-0.2, 0) is 4.74 Å². The summed E-state index contributed by atoms with van der Waals surface area (Å²) in [6.45, 7) is 5.71. The van der Waals surface area contributed by atoms with Gasteiger partial charge in [0.1, 0.15) is 6.61 Å². The number of aliphatic hydroxyl groups is 1. The van der Waals surface area contributed by atoms with Crippen molar-refractivity contribution in [3.63, 3.8) is 0 Å². The number of rotatable bonds is 6. The lowest BCUT2D eigenvalue weighted by molar-refractivity contribution is 0.0307. The third kappa shape index (κ3) is 4.97. The molecule has 0 aromatic heterocycles. The zero-order valence-corrected chi connectivity index (χ0v) is 12.8. The average molecular weight is 296 g/mol. The Labute approximate surface area is 126 Å². The molecule has 2 rings (SSSR count). The monoisotopic (exact) mass is 296 g/mol. The molecule has 1 heterocycles. The van der Waals surface area contributed by atoms with Crippen LogP contribution in [0.25, 0.3) is 0 Å². The van der Waals surface area contributed by atoms with Crippen molar-refractivity contribution in [2.45, 2.75) is 45.1 Å². The SMILES string of the molecule is CC(C)c1ccc(OCC(O)CC2CCOCC2)c(F)c1. The van der Waals surface area contributed by atoms with E-state index in [2.05, 4.69) is 0 Å². The molecular weight excluding hydrogens is 271 g/mol. The molecule has 21 heavy (non-hydrogen) atoms. The first kappa shape index (κ1) is 16.2. The highest BCUT2D eigenvalue weighted by Crippen LogP contribution is 2.24. The number of aliphatic hydroxyl groups excluding tert-OH is 1. The summed E-state index contributed by atoms with van der Waals surface area (Å²) in [5, 5.41) is 10.0. The molecule has 1 unspecified atom stereocenters. The molecule has 0 radical (unpaired) electrons. The standard InChI is InChI=1S/C17H25FO3/c1-12(2)14-3-4-17(16(18)10-14)21-11-15(19)9-13-5-7-20-8-6-13/h3-4,10,12-13,15,19H,5-9,11H2,1-2H3. The maximum absolute atomic E-state index is 13.9. The van der Waals surface area contributed by atoms with Gasteiger partial charge in [-0.05, 0) is 48.8 Å². The lowest BCUT2D eigenvalue weighted by atomic mass is 9.94. The highest BCUT2D eigenvalue weighted by atomic mass is 19.1. The minimum absolute atomic E-state index is 0.134. The molecule has 0 spiro atoms. The van der Waals surface area contributed by atoms with Gasteiger partial charge < -0.3 is 14.6 Å². The van der Waals surface area contributed by atoms with E-state index >= 15 is 0 Å². The molecule has 3 nitrogen and oxygen atoms in total. The summed E-state index contributed by atoms with van der Waals surface area (Å²) >= 11 is 0. The molecule has 1 fully saturated rings. The van der Waals surface area contributed by atoms with E-state index in [-0.39, 0.29) is 24.1 Å². The maximum Gasteiger partial charge on any atom is 0.165 e. The molecule has 0 bridgehead atoms. The molecule has 0 amide bonds. The predicted molar refractivity (Wildman–Crippen MR) is 80.2 cm³/mol. The molecule has 0 saturated carbocycles. The van der Waals surface area contributed by atoms with Gasteiger partial charge in [-0.15, -0.1) is 0 Å². The van der Waals surface area contributed by atoms with Gasteiger partial charge in [0.05, 0.1) is 6.10 Å². The van der Waals surface area contributed by atoms with Crippen LogP contribution in [0.1, 0.15) is 44.6 Å². The van der Waals surface area contributed by atoms with E-state index in [1.807, 2.05) is 19.9 Å². The van der Waals surface area contributed by atoms with Crippen molar-refractivity contribution in [1.29, 1.82) is 0 Å². The van der Waals surface area contributed by atoms with E-state index in [1.165, 1.54) is 6.07 Å². The molecule has 0 aliphatic carbocycles. The van der Waals surface area contributed by atoms with Crippen molar-refractivity contribution in [1.82, 2.24) is 0 Å². The van der Waals surface area contributed by atoms with Crippen molar-refractivity contribution in [3.8, 4) is 5.75 Å². The van der Waals surface area contributed by atoms with Crippen molar-refractivity contribution >= 4 is 0 Å². The molecule has 1 N–H and O–H groups in total. The second-order valence-electron chi connectivity index (χ2n) is 6.10. The molecule has 118 valence electrons. The van der Waals surface area contributed by atoms with E-state index in [0.29, 0.717) is 12.3 Å². The average Bonchev–Trinajstić information content (AvgIpc) is 2.47. The van der Waals surface area contributed by atoms with E-state index < -0.39 is 6.10 Å². The first-order valence-corrected chi connectivity index (χ1v) is 7.74. The fourth-order valence-electron chi connectivity index (χ4n) is 2.61. The van der Waals surface area contributed by atoms with Crippen LogP contribution in [0, 0.1) is 11.7 Å². The smallest absolute Gasteiger partial charge is 0.165 e. The molecule has 1 aromatic rings. The fourth-order valence-corrected chi connectivity index (χ4v) is 2.61. The number of ether oxygens (including phenoxy) is 2. The minimum atomic E-state index is -0.558. The van der Waals surface area contributed by atoms with Gasteiger partial charge in [0, 0.05) is 13.2 Å². The molecule has 1 aliphatic heterocycles. The van der Waals surface area contributed by atoms with Crippen molar-refractivity contribution in [2.75, 3.05) is 19.8 Å². The van der Waals surface area contributed by atoms with Crippen molar-refractivity contribution < 1.29 is 19.0 Å². The van der Waals surface area contributed by atoms with Crippen LogP contribution in [0.15, 0.2) is 18.2 Å². The Morgan fingerprint density at radius 2 is 2.05 bits per heavy atom. The largest absolute Gasteiger partial charge is 0.488 e.